The van der Waals surface area contributed by atoms with Gasteiger partial charge in [0.25, 0.3) is 5.56 Å². The minimum absolute atomic E-state index is 0.109. The van der Waals surface area contributed by atoms with Crippen LogP contribution in [0.5, 0.6) is 0 Å². The molecule has 7 nitrogen and oxygen atoms in total. The Morgan fingerprint density at radius 1 is 1.34 bits per heavy atom. The summed E-state index contributed by atoms with van der Waals surface area (Å²) in [6.07, 6.45) is 1.73. The molecule has 1 aliphatic carbocycles. The first kappa shape index (κ1) is 18.7. The highest BCUT2D eigenvalue weighted by atomic mass is 19.1. The molecule has 1 saturated carbocycles. The van der Waals surface area contributed by atoms with Crippen LogP contribution in [0.2, 0.25) is 0 Å². The molecule has 1 fully saturated rings. The van der Waals surface area contributed by atoms with E-state index in [0.717, 1.165) is 18.4 Å². The van der Waals surface area contributed by atoms with Crippen LogP contribution in [-0.4, -0.2) is 21.1 Å². The zero-order chi connectivity index (χ0) is 20.5. The average molecular weight is 391 g/mol. The number of rotatable bonds is 5. The number of hydrogen-bond acceptors (Lipinski definition) is 5. The molecule has 1 amide bonds. The van der Waals surface area contributed by atoms with E-state index in [1.807, 2.05) is 6.07 Å². The van der Waals surface area contributed by atoms with E-state index in [2.05, 4.69) is 20.5 Å². The quantitative estimate of drug-likeness (QED) is 0.694. The number of fused-ring (bicyclic) bond motifs is 1. The zero-order valence-corrected chi connectivity index (χ0v) is 15.7. The summed E-state index contributed by atoms with van der Waals surface area (Å²) in [5.74, 6) is -0.548. The van der Waals surface area contributed by atoms with Gasteiger partial charge in [-0.25, -0.2) is 4.39 Å². The van der Waals surface area contributed by atoms with Gasteiger partial charge in [-0.1, -0.05) is 0 Å². The van der Waals surface area contributed by atoms with E-state index in [1.54, 1.807) is 19.1 Å². The second kappa shape index (κ2) is 7.43. The van der Waals surface area contributed by atoms with E-state index in [-0.39, 0.29) is 35.3 Å². The Kier molecular flexibility index (Phi) is 4.80. The molecule has 8 heteroatoms. The summed E-state index contributed by atoms with van der Waals surface area (Å²) in [7, 11) is 0. The minimum atomic E-state index is -0.441. The number of carbonyl (C=O) groups excluding carboxylic acids is 1. The number of halogens is 1. The Balaban J connectivity index is 1.61. The molecule has 0 bridgehead atoms. The Hall–Kier alpha value is -3.60. The number of carbonyl (C=O) groups is 1. The van der Waals surface area contributed by atoms with Gasteiger partial charge >= 0.3 is 0 Å². The highest BCUT2D eigenvalue weighted by Gasteiger charge is 2.30. The van der Waals surface area contributed by atoms with Gasteiger partial charge in [0.2, 0.25) is 5.91 Å². The Bertz CT molecular complexity index is 1190. The topological polar surface area (TPSA) is 112 Å². The van der Waals surface area contributed by atoms with Crippen molar-refractivity contribution in [3.63, 3.8) is 0 Å². The summed E-state index contributed by atoms with van der Waals surface area (Å²) in [4.78, 5) is 28.0. The third kappa shape index (κ3) is 3.85. The maximum atomic E-state index is 13.8. The molecular formula is C21H18FN5O2. The van der Waals surface area contributed by atoms with Gasteiger partial charge in [-0.3, -0.25) is 9.59 Å². The lowest BCUT2D eigenvalue weighted by Crippen LogP contribution is -2.31. The molecule has 0 saturated heterocycles. The third-order valence-corrected chi connectivity index (χ3v) is 5.06. The van der Waals surface area contributed by atoms with Gasteiger partial charge in [-0.15, -0.1) is 5.10 Å². The lowest BCUT2D eigenvalue weighted by molar-refractivity contribution is -0.121. The van der Waals surface area contributed by atoms with Crippen LogP contribution < -0.4 is 10.9 Å². The number of aromatic amines is 1. The highest BCUT2D eigenvalue weighted by Crippen LogP contribution is 2.44. The van der Waals surface area contributed by atoms with E-state index in [1.165, 1.54) is 18.2 Å². The predicted molar refractivity (Wildman–Crippen MR) is 104 cm³/mol. The number of hydrogen-bond donors (Lipinski definition) is 2. The fraction of sp³-hybridized carbons (Fsp3) is 0.286. The lowest BCUT2D eigenvalue weighted by atomic mass is 9.96. The summed E-state index contributed by atoms with van der Waals surface area (Å²) < 4.78 is 13.8. The van der Waals surface area contributed by atoms with Crippen LogP contribution in [0.3, 0.4) is 0 Å². The molecule has 0 aliphatic heterocycles. The van der Waals surface area contributed by atoms with Crippen LogP contribution in [0.15, 0.2) is 35.1 Å². The van der Waals surface area contributed by atoms with Gasteiger partial charge in [0, 0.05) is 16.5 Å². The SMILES string of the molecule is C[C@@H](NC(=O)Cc1c(C2CC2)c2cc(F)ccc2[nH]c1=O)c1ccc(C#N)nn1. The molecular weight excluding hydrogens is 373 g/mol. The number of benzene rings is 1. The molecule has 29 heavy (non-hydrogen) atoms. The Morgan fingerprint density at radius 2 is 2.14 bits per heavy atom. The smallest absolute Gasteiger partial charge is 0.252 e. The fourth-order valence-corrected chi connectivity index (χ4v) is 3.50. The molecule has 0 radical (unpaired) electrons. The van der Waals surface area contributed by atoms with Gasteiger partial charge in [-0.2, -0.15) is 10.4 Å². The van der Waals surface area contributed by atoms with Crippen molar-refractivity contribution >= 4 is 16.8 Å². The first-order valence-electron chi connectivity index (χ1n) is 9.33. The van der Waals surface area contributed by atoms with Crippen LogP contribution >= 0.6 is 0 Å². The first-order chi connectivity index (χ1) is 14.0. The molecule has 2 aromatic heterocycles. The van der Waals surface area contributed by atoms with E-state index < -0.39 is 6.04 Å². The number of H-pyrrole nitrogens is 1. The van der Waals surface area contributed by atoms with Gasteiger partial charge in [0.15, 0.2) is 5.69 Å². The molecule has 0 spiro atoms. The molecule has 0 unspecified atom stereocenters. The van der Waals surface area contributed by atoms with Crippen LogP contribution in [0.4, 0.5) is 4.39 Å². The number of amides is 1. The van der Waals surface area contributed by atoms with Crippen molar-refractivity contribution in [2.24, 2.45) is 0 Å². The number of nitriles is 1. The monoisotopic (exact) mass is 391 g/mol. The molecule has 3 aromatic rings. The summed E-state index contributed by atoms with van der Waals surface area (Å²) in [6.45, 7) is 1.75. The standard InChI is InChI=1S/C21H18FN5O2/c1-11(17-7-5-14(10-23)26-27-17)24-19(28)9-16-20(12-2-3-12)15-8-13(22)4-6-18(15)25-21(16)29/h4-8,11-12H,2-3,9H2,1H3,(H,24,28)(H,25,29)/t11-/m1/s1. The molecule has 1 aliphatic rings. The third-order valence-electron chi connectivity index (χ3n) is 5.06. The number of pyridine rings is 1. The lowest BCUT2D eigenvalue weighted by Gasteiger charge is -2.15. The maximum absolute atomic E-state index is 13.8. The number of nitrogens with one attached hydrogen (secondary N) is 2. The van der Waals surface area contributed by atoms with Crippen molar-refractivity contribution in [1.82, 2.24) is 20.5 Å². The molecule has 2 N–H and O–H groups in total. The number of aromatic nitrogens is 3. The Labute approximate surface area is 165 Å². The van der Waals surface area contributed by atoms with Crippen LogP contribution in [-0.2, 0) is 11.2 Å². The minimum Gasteiger partial charge on any atom is -0.348 e. The number of nitrogens with zero attached hydrogens (tertiary/aromatic N) is 3. The van der Waals surface area contributed by atoms with E-state index >= 15 is 0 Å². The van der Waals surface area contributed by atoms with Crippen molar-refractivity contribution in [3.05, 3.63) is 69.0 Å². The normalized spacial score (nSPS) is 14.4. The van der Waals surface area contributed by atoms with Gasteiger partial charge in [0.1, 0.15) is 11.9 Å². The second-order valence-electron chi connectivity index (χ2n) is 7.23. The average Bonchev–Trinajstić information content (AvgIpc) is 3.54. The summed E-state index contributed by atoms with van der Waals surface area (Å²) in [5.41, 5.74) is 2.09. The summed E-state index contributed by atoms with van der Waals surface area (Å²) in [6, 6.07) is 8.87. The van der Waals surface area contributed by atoms with Crippen LogP contribution in [0.25, 0.3) is 10.9 Å². The molecule has 1 aromatic carbocycles. The van der Waals surface area contributed by atoms with E-state index in [0.29, 0.717) is 22.2 Å². The summed E-state index contributed by atoms with van der Waals surface area (Å²) in [5, 5.41) is 19.9. The van der Waals surface area contributed by atoms with Gasteiger partial charge < -0.3 is 10.3 Å². The first-order valence-corrected chi connectivity index (χ1v) is 9.33. The molecule has 146 valence electrons. The fourth-order valence-electron chi connectivity index (χ4n) is 3.50. The second-order valence-corrected chi connectivity index (χ2v) is 7.23. The van der Waals surface area contributed by atoms with Crippen LogP contribution in [0.1, 0.15) is 54.2 Å². The molecule has 1 atom stereocenters. The van der Waals surface area contributed by atoms with Gasteiger partial charge in [-0.05, 0) is 61.6 Å². The maximum Gasteiger partial charge on any atom is 0.252 e. The van der Waals surface area contributed by atoms with Crippen LogP contribution in [0, 0.1) is 17.1 Å². The van der Waals surface area contributed by atoms with E-state index in [9.17, 15) is 14.0 Å². The Morgan fingerprint density at radius 3 is 2.79 bits per heavy atom. The zero-order valence-electron chi connectivity index (χ0n) is 15.7. The van der Waals surface area contributed by atoms with Gasteiger partial charge in [0.05, 0.1) is 18.2 Å². The van der Waals surface area contributed by atoms with Crippen molar-refractivity contribution in [2.45, 2.75) is 38.1 Å². The van der Waals surface area contributed by atoms with E-state index in [4.69, 9.17) is 5.26 Å². The highest BCUT2D eigenvalue weighted by molar-refractivity contribution is 5.87. The van der Waals surface area contributed by atoms with Crippen molar-refractivity contribution < 1.29 is 9.18 Å². The molecule has 4 rings (SSSR count). The van der Waals surface area contributed by atoms with Crippen molar-refractivity contribution in [3.8, 4) is 6.07 Å². The van der Waals surface area contributed by atoms with Crippen molar-refractivity contribution in [1.29, 1.82) is 5.26 Å². The van der Waals surface area contributed by atoms with Crippen molar-refractivity contribution in [2.75, 3.05) is 0 Å². The predicted octanol–water partition coefficient (Wildman–Crippen LogP) is 2.63. The molecule has 2 heterocycles. The largest absolute Gasteiger partial charge is 0.348 e. The summed E-state index contributed by atoms with van der Waals surface area (Å²) >= 11 is 0.